The summed E-state index contributed by atoms with van der Waals surface area (Å²) in [5.74, 6) is 2.04. The van der Waals surface area contributed by atoms with Crippen molar-refractivity contribution in [1.29, 1.82) is 0 Å². The Labute approximate surface area is 128 Å². The van der Waals surface area contributed by atoms with Crippen LogP contribution >= 0.6 is 0 Å². The van der Waals surface area contributed by atoms with Crippen LogP contribution in [0.2, 0.25) is 0 Å². The molecule has 2 aromatic heterocycles. The van der Waals surface area contributed by atoms with Crippen LogP contribution < -0.4 is 5.56 Å². The van der Waals surface area contributed by atoms with Gasteiger partial charge >= 0.3 is 0 Å². The van der Waals surface area contributed by atoms with E-state index < -0.39 is 0 Å². The highest BCUT2D eigenvalue weighted by molar-refractivity contribution is 5.51. The molecule has 6 heteroatoms. The van der Waals surface area contributed by atoms with Gasteiger partial charge in [-0.3, -0.25) is 4.79 Å². The van der Waals surface area contributed by atoms with Crippen LogP contribution in [0.4, 0.5) is 0 Å². The van der Waals surface area contributed by atoms with Gasteiger partial charge in [-0.05, 0) is 32.1 Å². The predicted octanol–water partition coefficient (Wildman–Crippen LogP) is 2.49. The van der Waals surface area contributed by atoms with Gasteiger partial charge < -0.3 is 9.72 Å². The minimum atomic E-state index is -0.0888. The van der Waals surface area contributed by atoms with Crippen molar-refractivity contribution in [1.82, 2.24) is 19.6 Å². The molecule has 0 bridgehead atoms. The molecule has 118 valence electrons. The number of imidazole rings is 1. The Hall–Kier alpha value is -1.69. The van der Waals surface area contributed by atoms with Crippen LogP contribution in [-0.4, -0.2) is 26.2 Å². The van der Waals surface area contributed by atoms with Crippen LogP contribution in [0.1, 0.15) is 74.8 Å². The summed E-state index contributed by atoms with van der Waals surface area (Å²) >= 11 is 0. The molecule has 2 aliphatic rings. The first-order chi connectivity index (χ1) is 10.8. The summed E-state index contributed by atoms with van der Waals surface area (Å²) in [6, 6.07) is 0. The molecule has 1 N–H and O–H groups in total. The Balaban J connectivity index is 1.89. The van der Waals surface area contributed by atoms with Crippen molar-refractivity contribution in [3.63, 3.8) is 0 Å². The minimum absolute atomic E-state index is 0.0824. The third kappa shape index (κ3) is 2.17. The molecular formula is C16H22N4O2. The molecule has 22 heavy (non-hydrogen) atoms. The van der Waals surface area contributed by atoms with Crippen LogP contribution in [-0.2, 0) is 11.2 Å². The Morgan fingerprint density at radius 1 is 1.27 bits per heavy atom. The molecule has 1 unspecified atom stereocenters. The number of aromatic amines is 1. The summed E-state index contributed by atoms with van der Waals surface area (Å²) in [4.78, 5) is 20.2. The van der Waals surface area contributed by atoms with Gasteiger partial charge in [0, 0.05) is 12.5 Å². The van der Waals surface area contributed by atoms with E-state index in [0.717, 1.165) is 50.2 Å². The van der Waals surface area contributed by atoms with Gasteiger partial charge in [0.05, 0.1) is 5.69 Å². The second-order valence-electron chi connectivity index (χ2n) is 6.35. The molecule has 3 heterocycles. The number of hydrogen-bond donors (Lipinski definition) is 1. The van der Waals surface area contributed by atoms with Gasteiger partial charge in [0.25, 0.3) is 5.56 Å². The van der Waals surface area contributed by atoms with Crippen molar-refractivity contribution in [3.8, 4) is 0 Å². The molecule has 0 amide bonds. The predicted molar refractivity (Wildman–Crippen MR) is 82.1 cm³/mol. The molecule has 1 aliphatic carbocycles. The zero-order valence-corrected chi connectivity index (χ0v) is 13.0. The van der Waals surface area contributed by atoms with E-state index in [0.29, 0.717) is 17.3 Å². The smallest absolute Gasteiger partial charge is 0.277 e. The number of ether oxygens (including phenoxy) is 1. The van der Waals surface area contributed by atoms with Crippen molar-refractivity contribution < 1.29 is 4.74 Å². The van der Waals surface area contributed by atoms with E-state index in [1.165, 1.54) is 12.8 Å². The Morgan fingerprint density at radius 3 is 2.77 bits per heavy atom. The molecule has 1 atom stereocenters. The number of fused-ring (bicyclic) bond motifs is 1. The van der Waals surface area contributed by atoms with Crippen molar-refractivity contribution in [2.45, 2.75) is 63.9 Å². The summed E-state index contributed by atoms with van der Waals surface area (Å²) in [5.41, 5.74) is 1.38. The fourth-order valence-electron chi connectivity index (χ4n) is 3.75. The molecule has 1 saturated heterocycles. The molecule has 0 aromatic carbocycles. The van der Waals surface area contributed by atoms with Gasteiger partial charge in [0.1, 0.15) is 11.9 Å². The average molecular weight is 302 g/mol. The number of rotatable bonds is 3. The summed E-state index contributed by atoms with van der Waals surface area (Å²) in [6.45, 7) is 2.78. The summed E-state index contributed by atoms with van der Waals surface area (Å²) in [7, 11) is 0. The van der Waals surface area contributed by atoms with Gasteiger partial charge in [-0.25, -0.2) is 9.50 Å². The van der Waals surface area contributed by atoms with E-state index in [4.69, 9.17) is 14.8 Å². The lowest BCUT2D eigenvalue weighted by Gasteiger charge is -2.11. The zero-order chi connectivity index (χ0) is 15.1. The van der Waals surface area contributed by atoms with Gasteiger partial charge in [-0.15, -0.1) is 5.10 Å². The lowest BCUT2D eigenvalue weighted by Crippen LogP contribution is -2.20. The standard InChI is InChI=1S/C16H22N4O2/c1-2-11-13-16(21)18-14(12-8-5-9-22-12)19-20(13)15(17-11)10-6-3-4-7-10/h10,12H,2-9H2,1H3,(H,18,19,21). The summed E-state index contributed by atoms with van der Waals surface area (Å²) in [6.07, 6.45) is 7.37. The Bertz CT molecular complexity index is 736. The van der Waals surface area contributed by atoms with E-state index in [2.05, 4.69) is 4.98 Å². The highest BCUT2D eigenvalue weighted by Gasteiger charge is 2.27. The molecule has 2 fully saturated rings. The number of nitrogens with one attached hydrogen (secondary N) is 1. The van der Waals surface area contributed by atoms with Crippen molar-refractivity contribution >= 4 is 5.52 Å². The van der Waals surface area contributed by atoms with Crippen molar-refractivity contribution in [2.75, 3.05) is 6.61 Å². The van der Waals surface area contributed by atoms with Gasteiger partial charge in [0.2, 0.25) is 0 Å². The molecule has 0 radical (unpaired) electrons. The summed E-state index contributed by atoms with van der Waals surface area (Å²) < 4.78 is 7.49. The monoisotopic (exact) mass is 302 g/mol. The highest BCUT2D eigenvalue weighted by atomic mass is 16.5. The zero-order valence-electron chi connectivity index (χ0n) is 13.0. The molecule has 4 rings (SSSR count). The first-order valence-electron chi connectivity index (χ1n) is 8.41. The van der Waals surface area contributed by atoms with Crippen LogP contribution in [0, 0.1) is 0 Å². The number of H-pyrrole nitrogens is 1. The van der Waals surface area contributed by atoms with E-state index in [1.54, 1.807) is 0 Å². The van der Waals surface area contributed by atoms with Gasteiger partial charge in [0.15, 0.2) is 11.3 Å². The summed E-state index contributed by atoms with van der Waals surface area (Å²) in [5, 5.41) is 4.70. The first-order valence-corrected chi connectivity index (χ1v) is 8.41. The third-order valence-corrected chi connectivity index (χ3v) is 4.91. The first kappa shape index (κ1) is 13.9. The fourth-order valence-corrected chi connectivity index (χ4v) is 3.75. The van der Waals surface area contributed by atoms with E-state index in [9.17, 15) is 4.79 Å². The average Bonchev–Trinajstić information content (AvgIpc) is 3.26. The molecule has 6 nitrogen and oxygen atoms in total. The maximum atomic E-state index is 12.6. The SMILES string of the molecule is CCc1nc(C2CCCC2)n2nc(C3CCCO3)[nH]c(=O)c12. The second-order valence-corrected chi connectivity index (χ2v) is 6.35. The van der Waals surface area contributed by atoms with Crippen LogP contribution in [0.5, 0.6) is 0 Å². The number of aryl methyl sites for hydroxylation is 1. The second kappa shape index (κ2) is 5.50. The van der Waals surface area contributed by atoms with Crippen molar-refractivity contribution in [2.24, 2.45) is 0 Å². The van der Waals surface area contributed by atoms with Crippen molar-refractivity contribution in [3.05, 3.63) is 27.7 Å². The lowest BCUT2D eigenvalue weighted by molar-refractivity contribution is 0.103. The lowest BCUT2D eigenvalue weighted by atomic mass is 10.1. The van der Waals surface area contributed by atoms with Crippen LogP contribution in [0.15, 0.2) is 4.79 Å². The fraction of sp³-hybridized carbons (Fsp3) is 0.688. The molecule has 1 saturated carbocycles. The van der Waals surface area contributed by atoms with Crippen LogP contribution in [0.3, 0.4) is 0 Å². The highest BCUT2D eigenvalue weighted by Crippen LogP contribution is 2.34. The Kier molecular flexibility index (Phi) is 3.48. The molecule has 2 aromatic rings. The minimum Gasteiger partial charge on any atom is -0.370 e. The van der Waals surface area contributed by atoms with E-state index in [1.807, 2.05) is 11.4 Å². The largest absolute Gasteiger partial charge is 0.370 e. The third-order valence-electron chi connectivity index (χ3n) is 4.91. The number of nitrogens with zero attached hydrogens (tertiary/aromatic N) is 3. The van der Waals surface area contributed by atoms with Gasteiger partial charge in [-0.1, -0.05) is 19.8 Å². The topological polar surface area (TPSA) is 72.3 Å². The van der Waals surface area contributed by atoms with E-state index >= 15 is 0 Å². The number of aromatic nitrogens is 4. The van der Waals surface area contributed by atoms with Crippen LogP contribution in [0.25, 0.3) is 5.52 Å². The number of hydrogen-bond acceptors (Lipinski definition) is 4. The van der Waals surface area contributed by atoms with Gasteiger partial charge in [-0.2, -0.15) is 0 Å². The Morgan fingerprint density at radius 2 is 2.09 bits per heavy atom. The quantitative estimate of drug-likeness (QED) is 0.945. The molecule has 1 aliphatic heterocycles. The van der Waals surface area contributed by atoms with E-state index in [-0.39, 0.29) is 11.7 Å². The molecule has 0 spiro atoms. The maximum Gasteiger partial charge on any atom is 0.277 e. The normalized spacial score (nSPS) is 22.9. The molecular weight excluding hydrogens is 280 g/mol. The maximum absolute atomic E-state index is 12.6.